The summed E-state index contributed by atoms with van der Waals surface area (Å²) in [5, 5.41) is 5.39. The minimum atomic E-state index is -0.332. The van der Waals surface area contributed by atoms with Crippen LogP contribution in [0.4, 0.5) is 0 Å². The van der Waals surface area contributed by atoms with Crippen LogP contribution in [0.25, 0.3) is 0 Å². The summed E-state index contributed by atoms with van der Waals surface area (Å²) in [6, 6.07) is 13.3. The Hall–Kier alpha value is -2.82. The Kier molecular flexibility index (Phi) is 6.57. The number of rotatable bonds is 7. The SMILES string of the molecule is Cc1cc(C)c(CNC(=O)CNC(=O)COc2ccccc2)c(C)c1. The van der Waals surface area contributed by atoms with E-state index in [1.54, 1.807) is 12.1 Å². The average Bonchev–Trinajstić information content (AvgIpc) is 2.58. The normalized spacial score (nSPS) is 10.2. The number of hydrogen-bond donors (Lipinski definition) is 2. The largest absolute Gasteiger partial charge is 0.484 e. The molecule has 132 valence electrons. The molecule has 5 nitrogen and oxygen atoms in total. The van der Waals surface area contributed by atoms with Gasteiger partial charge < -0.3 is 15.4 Å². The molecular formula is C20H24N2O3. The highest BCUT2D eigenvalue weighted by Crippen LogP contribution is 2.15. The van der Waals surface area contributed by atoms with Gasteiger partial charge in [-0.2, -0.15) is 0 Å². The van der Waals surface area contributed by atoms with Crippen LogP contribution in [0.1, 0.15) is 22.3 Å². The van der Waals surface area contributed by atoms with Crippen LogP contribution < -0.4 is 15.4 Å². The van der Waals surface area contributed by atoms with Crippen molar-refractivity contribution < 1.29 is 14.3 Å². The molecule has 0 aliphatic rings. The number of benzene rings is 2. The molecule has 0 radical (unpaired) electrons. The van der Waals surface area contributed by atoms with Gasteiger partial charge in [0.25, 0.3) is 5.91 Å². The second-order valence-electron chi connectivity index (χ2n) is 6.03. The van der Waals surface area contributed by atoms with Gasteiger partial charge in [0, 0.05) is 6.54 Å². The molecule has 25 heavy (non-hydrogen) atoms. The van der Waals surface area contributed by atoms with Crippen molar-refractivity contribution in [1.29, 1.82) is 0 Å². The van der Waals surface area contributed by atoms with Crippen LogP contribution in [0.5, 0.6) is 5.75 Å². The first kappa shape index (κ1) is 18.5. The first-order valence-corrected chi connectivity index (χ1v) is 8.23. The summed E-state index contributed by atoms with van der Waals surface area (Å²) >= 11 is 0. The maximum Gasteiger partial charge on any atom is 0.258 e. The van der Waals surface area contributed by atoms with Crippen molar-refractivity contribution in [2.45, 2.75) is 27.3 Å². The highest BCUT2D eigenvalue weighted by atomic mass is 16.5. The molecule has 0 unspecified atom stereocenters. The lowest BCUT2D eigenvalue weighted by molar-refractivity contribution is -0.127. The summed E-state index contributed by atoms with van der Waals surface area (Å²) in [7, 11) is 0. The predicted molar refractivity (Wildman–Crippen MR) is 97.4 cm³/mol. The minimum Gasteiger partial charge on any atom is -0.484 e. The Morgan fingerprint density at radius 3 is 2.20 bits per heavy atom. The molecule has 0 fully saturated rings. The molecule has 0 aliphatic heterocycles. The lowest BCUT2D eigenvalue weighted by atomic mass is 10.00. The Bertz CT molecular complexity index is 719. The van der Waals surface area contributed by atoms with Crippen molar-refractivity contribution >= 4 is 11.8 Å². The molecule has 2 aromatic carbocycles. The van der Waals surface area contributed by atoms with Crippen LogP contribution >= 0.6 is 0 Å². The monoisotopic (exact) mass is 340 g/mol. The molecule has 0 atom stereocenters. The van der Waals surface area contributed by atoms with Gasteiger partial charge in [0.2, 0.25) is 5.91 Å². The van der Waals surface area contributed by atoms with E-state index < -0.39 is 0 Å². The van der Waals surface area contributed by atoms with E-state index in [2.05, 4.69) is 29.7 Å². The number of carbonyl (C=O) groups is 2. The van der Waals surface area contributed by atoms with Crippen molar-refractivity contribution in [3.05, 3.63) is 64.7 Å². The third-order valence-corrected chi connectivity index (χ3v) is 3.86. The molecule has 5 heteroatoms. The summed E-state index contributed by atoms with van der Waals surface area (Å²) in [4.78, 5) is 23.6. The topological polar surface area (TPSA) is 67.4 Å². The van der Waals surface area contributed by atoms with Gasteiger partial charge in [0.15, 0.2) is 6.61 Å². The first-order chi connectivity index (χ1) is 12.0. The van der Waals surface area contributed by atoms with Gasteiger partial charge in [0.1, 0.15) is 5.75 Å². The number of ether oxygens (including phenoxy) is 1. The fourth-order valence-electron chi connectivity index (χ4n) is 2.63. The number of hydrogen-bond acceptors (Lipinski definition) is 3. The van der Waals surface area contributed by atoms with E-state index >= 15 is 0 Å². The minimum absolute atomic E-state index is 0.0685. The molecule has 2 amide bonds. The van der Waals surface area contributed by atoms with Crippen molar-refractivity contribution in [2.24, 2.45) is 0 Å². The fraction of sp³-hybridized carbons (Fsp3) is 0.300. The average molecular weight is 340 g/mol. The molecule has 0 saturated carbocycles. The Balaban J connectivity index is 1.73. The lowest BCUT2D eigenvalue weighted by Crippen LogP contribution is -2.38. The van der Waals surface area contributed by atoms with Gasteiger partial charge in [-0.05, 0) is 49.6 Å². The van der Waals surface area contributed by atoms with Crippen molar-refractivity contribution in [3.8, 4) is 5.75 Å². The Labute approximate surface area is 148 Å². The number of para-hydroxylation sites is 1. The van der Waals surface area contributed by atoms with E-state index in [1.807, 2.05) is 32.0 Å². The molecule has 0 aliphatic carbocycles. The molecule has 0 spiro atoms. The van der Waals surface area contributed by atoms with Gasteiger partial charge in [-0.25, -0.2) is 0 Å². The van der Waals surface area contributed by atoms with Gasteiger partial charge in [-0.3, -0.25) is 9.59 Å². The third-order valence-electron chi connectivity index (χ3n) is 3.86. The predicted octanol–water partition coefficient (Wildman–Crippen LogP) is 2.42. The van der Waals surface area contributed by atoms with Crippen LogP contribution in [0.15, 0.2) is 42.5 Å². The van der Waals surface area contributed by atoms with Gasteiger partial charge in [-0.15, -0.1) is 0 Å². The van der Waals surface area contributed by atoms with E-state index in [-0.39, 0.29) is 25.0 Å². The van der Waals surface area contributed by atoms with Crippen LogP contribution in [-0.2, 0) is 16.1 Å². The van der Waals surface area contributed by atoms with Crippen LogP contribution in [0.3, 0.4) is 0 Å². The van der Waals surface area contributed by atoms with Gasteiger partial charge in [0.05, 0.1) is 6.54 Å². The molecule has 0 heterocycles. The number of nitrogens with one attached hydrogen (secondary N) is 2. The second kappa shape index (κ2) is 8.87. The van der Waals surface area contributed by atoms with Crippen LogP contribution in [0.2, 0.25) is 0 Å². The molecule has 2 N–H and O–H groups in total. The van der Waals surface area contributed by atoms with Crippen LogP contribution in [0, 0.1) is 20.8 Å². The zero-order chi connectivity index (χ0) is 18.2. The molecule has 0 aromatic heterocycles. The Morgan fingerprint density at radius 1 is 0.920 bits per heavy atom. The smallest absolute Gasteiger partial charge is 0.258 e. The molecule has 0 saturated heterocycles. The molecule has 2 aromatic rings. The lowest BCUT2D eigenvalue weighted by Gasteiger charge is -2.13. The summed E-state index contributed by atoms with van der Waals surface area (Å²) in [5.41, 5.74) is 4.62. The standard InChI is InChI=1S/C20H24N2O3/c1-14-9-15(2)18(16(3)10-14)11-21-19(23)12-22-20(24)13-25-17-7-5-4-6-8-17/h4-10H,11-13H2,1-3H3,(H,21,23)(H,22,24). The maximum atomic E-state index is 11.9. The van der Waals surface area contributed by atoms with E-state index in [9.17, 15) is 9.59 Å². The number of amides is 2. The number of carbonyl (C=O) groups excluding carboxylic acids is 2. The van der Waals surface area contributed by atoms with E-state index in [4.69, 9.17) is 4.74 Å². The van der Waals surface area contributed by atoms with Gasteiger partial charge >= 0.3 is 0 Å². The third kappa shape index (κ3) is 5.95. The quantitative estimate of drug-likeness (QED) is 0.813. The summed E-state index contributed by atoms with van der Waals surface area (Å²) in [6.07, 6.45) is 0. The fourth-order valence-corrected chi connectivity index (χ4v) is 2.63. The Morgan fingerprint density at radius 2 is 1.56 bits per heavy atom. The van der Waals surface area contributed by atoms with Crippen molar-refractivity contribution in [1.82, 2.24) is 10.6 Å². The van der Waals surface area contributed by atoms with E-state index in [1.165, 1.54) is 5.56 Å². The van der Waals surface area contributed by atoms with Crippen molar-refractivity contribution in [2.75, 3.05) is 13.2 Å². The highest BCUT2D eigenvalue weighted by molar-refractivity contribution is 5.85. The maximum absolute atomic E-state index is 11.9. The van der Waals surface area contributed by atoms with Crippen LogP contribution in [-0.4, -0.2) is 25.0 Å². The summed E-state index contributed by atoms with van der Waals surface area (Å²) in [6.45, 7) is 6.38. The second-order valence-corrected chi connectivity index (χ2v) is 6.03. The highest BCUT2D eigenvalue weighted by Gasteiger charge is 2.08. The molecule has 2 rings (SSSR count). The van der Waals surface area contributed by atoms with E-state index in [0.29, 0.717) is 12.3 Å². The first-order valence-electron chi connectivity index (χ1n) is 8.23. The zero-order valence-corrected chi connectivity index (χ0v) is 14.9. The summed E-state index contributed by atoms with van der Waals surface area (Å²) < 4.78 is 5.33. The summed E-state index contributed by atoms with van der Waals surface area (Å²) in [5.74, 6) is 0.0570. The van der Waals surface area contributed by atoms with E-state index in [0.717, 1.165) is 16.7 Å². The van der Waals surface area contributed by atoms with Crippen molar-refractivity contribution in [3.63, 3.8) is 0 Å². The molecule has 0 bridgehead atoms. The van der Waals surface area contributed by atoms with Gasteiger partial charge in [-0.1, -0.05) is 35.9 Å². The number of aryl methyl sites for hydroxylation is 3. The zero-order valence-electron chi connectivity index (χ0n) is 14.9. The molecular weight excluding hydrogens is 316 g/mol.